The van der Waals surface area contributed by atoms with Gasteiger partial charge in [0.15, 0.2) is 0 Å². The molecule has 0 aliphatic rings. The van der Waals surface area contributed by atoms with Crippen LogP contribution in [0.4, 0.5) is 0 Å². The predicted octanol–water partition coefficient (Wildman–Crippen LogP) is 28.0. The Bertz CT molecular complexity index is 7560. The van der Waals surface area contributed by atoms with E-state index in [4.69, 9.17) is 19.9 Å². The van der Waals surface area contributed by atoms with Crippen LogP contribution in [0.5, 0.6) is 0 Å². The highest BCUT2D eigenvalue weighted by Gasteiger charge is 2.25. The van der Waals surface area contributed by atoms with Crippen LogP contribution in [-0.2, 0) is 0 Å². The smallest absolute Gasteiger partial charge is 0.0979 e. The minimum atomic E-state index is 0.860. The van der Waals surface area contributed by atoms with E-state index >= 15 is 0 Å². The van der Waals surface area contributed by atoms with Crippen LogP contribution < -0.4 is 0 Å². The zero-order valence-corrected chi connectivity index (χ0v) is 60.8. The average Bonchev–Trinajstić information content (AvgIpc) is 1.55. The van der Waals surface area contributed by atoms with Gasteiger partial charge < -0.3 is 9.13 Å². The molecule has 23 rings (SSSR count). The lowest BCUT2D eigenvalue weighted by atomic mass is 9.95. The summed E-state index contributed by atoms with van der Waals surface area (Å²) in [5.74, 6) is 0. The maximum atomic E-state index is 5.41. The quantitative estimate of drug-likeness (QED) is 0.144. The highest BCUT2D eigenvalue weighted by molar-refractivity contribution is 6.30. The predicted molar refractivity (Wildman–Crippen MR) is 471 cm³/mol. The molecule has 0 aliphatic heterocycles. The van der Waals surface area contributed by atoms with Gasteiger partial charge in [-0.2, -0.15) is 0 Å². The van der Waals surface area contributed by atoms with Crippen molar-refractivity contribution >= 4 is 130 Å². The monoisotopic (exact) mass is 1420 g/mol. The highest BCUT2D eigenvalue weighted by Crippen LogP contribution is 2.48. The van der Waals surface area contributed by atoms with Gasteiger partial charge in [0.2, 0.25) is 0 Å². The van der Waals surface area contributed by atoms with E-state index in [0.29, 0.717) is 0 Å². The normalized spacial score (nSPS) is 11.8. The summed E-state index contributed by atoms with van der Waals surface area (Å²) in [5, 5.41) is 19.7. The maximum absolute atomic E-state index is 5.41. The maximum Gasteiger partial charge on any atom is 0.0979 e. The van der Waals surface area contributed by atoms with Crippen LogP contribution in [0.3, 0.4) is 0 Å². The SMILES string of the molecule is c1ccc(-c2ccc(-c3cccc(-c4nc5ccccc5nc4-c4ccc(-n5c6ccc7ccccc7c6c6c7ccccc7ccc65)c5ccccc45)c3)cc2)cc1.c1ccc(-c2cccc(-c3nc4ccccc4nc3-c3ccc(-n4c5ccc6ccccc6c5c5c6ccccc6ccc54)c4ccccc34)c2)cc1. The number of hydrogen-bond acceptors (Lipinski definition) is 4. The fourth-order valence-electron chi connectivity index (χ4n) is 17.6. The molecular formula is C106H66N6. The second kappa shape index (κ2) is 26.5. The minimum absolute atomic E-state index is 0.860. The first-order valence-corrected chi connectivity index (χ1v) is 38.2. The van der Waals surface area contributed by atoms with Crippen molar-refractivity contribution in [1.29, 1.82) is 0 Å². The first kappa shape index (κ1) is 64.2. The van der Waals surface area contributed by atoms with Crippen LogP contribution in [0.1, 0.15) is 0 Å². The lowest BCUT2D eigenvalue weighted by molar-refractivity contribution is 1.20. The Labute approximate surface area is 645 Å². The summed E-state index contributed by atoms with van der Waals surface area (Å²) in [4.78, 5) is 21.4. The second-order valence-electron chi connectivity index (χ2n) is 29.0. The number of fused-ring (bicyclic) bond motifs is 18. The Kier molecular flexibility index (Phi) is 15.2. The van der Waals surface area contributed by atoms with Gasteiger partial charge in [0.05, 0.1) is 78.3 Å². The number of nitrogens with zero attached hydrogens (tertiary/aromatic N) is 6. The van der Waals surface area contributed by atoms with Crippen LogP contribution in [-0.4, -0.2) is 29.1 Å². The molecule has 0 saturated heterocycles. The third-order valence-corrected chi connectivity index (χ3v) is 22.7. The zero-order chi connectivity index (χ0) is 73.7. The Morgan fingerprint density at radius 2 is 0.420 bits per heavy atom. The molecule has 0 spiro atoms. The molecule has 0 saturated carbocycles. The summed E-state index contributed by atoms with van der Waals surface area (Å²) >= 11 is 0. The molecule has 6 heteroatoms. The number of rotatable bonds is 9. The van der Waals surface area contributed by atoms with Crippen LogP contribution in [0.2, 0.25) is 0 Å². The van der Waals surface area contributed by atoms with Crippen LogP contribution >= 0.6 is 0 Å². The first-order valence-electron chi connectivity index (χ1n) is 38.2. The topological polar surface area (TPSA) is 61.4 Å². The second-order valence-corrected chi connectivity index (χ2v) is 29.0. The van der Waals surface area contributed by atoms with E-state index in [1.807, 2.05) is 30.3 Å². The van der Waals surface area contributed by atoms with E-state index in [-0.39, 0.29) is 0 Å². The minimum Gasteiger partial charge on any atom is -0.309 e. The van der Waals surface area contributed by atoms with E-state index < -0.39 is 0 Å². The summed E-state index contributed by atoms with van der Waals surface area (Å²) in [7, 11) is 0. The van der Waals surface area contributed by atoms with E-state index in [9.17, 15) is 0 Å². The van der Waals surface area contributed by atoms with Gasteiger partial charge in [-0.25, -0.2) is 19.9 Å². The fraction of sp³-hybridized carbons (Fsp3) is 0. The Balaban J connectivity index is 0.000000138. The largest absolute Gasteiger partial charge is 0.309 e. The molecule has 6 nitrogen and oxygen atoms in total. The molecule has 0 N–H and O–H groups in total. The molecular weight excluding hydrogens is 1360 g/mol. The van der Waals surface area contributed by atoms with Crippen LogP contribution in [0.15, 0.2) is 400 Å². The number of para-hydroxylation sites is 4. The summed E-state index contributed by atoms with van der Waals surface area (Å²) in [6, 6.07) is 143. The summed E-state index contributed by atoms with van der Waals surface area (Å²) in [6.07, 6.45) is 0. The van der Waals surface area contributed by atoms with Crippen LogP contribution in [0.25, 0.3) is 220 Å². The number of hydrogen-bond donors (Lipinski definition) is 0. The van der Waals surface area contributed by atoms with Crippen molar-refractivity contribution in [3.8, 4) is 89.8 Å². The molecule has 0 radical (unpaired) electrons. The standard InChI is InChI=1S/C56H35N3.C50H31N3/c1-2-13-36(14-3-1)37-25-27-38(28-26-37)41-17-12-18-42(35-41)55-56(58-49-24-11-10-23-48(49)57-55)47-31-34-50(46-22-9-8-21-45(46)47)59-51-32-29-39-15-4-6-19-43(39)53(51)54-44-20-7-5-16-40(44)30-33-52(54)59;1-2-13-32(14-3-1)35-17-12-18-36(31-35)49-50(52-43-24-11-10-23-42(43)51-49)41-27-30-44(40-22-9-8-21-39(40)41)53-45-28-25-33-15-4-6-19-37(33)47(45)48-38-20-7-5-16-34(38)26-29-46(48)53/h1-35H;1-31H. The summed E-state index contributed by atoms with van der Waals surface area (Å²) < 4.78 is 4.93. The van der Waals surface area contributed by atoms with Gasteiger partial charge in [-0.05, 0) is 172 Å². The third-order valence-electron chi connectivity index (χ3n) is 22.7. The van der Waals surface area contributed by atoms with Crippen LogP contribution in [0, 0.1) is 0 Å². The molecule has 0 bridgehead atoms. The fourth-order valence-corrected chi connectivity index (χ4v) is 17.6. The molecule has 0 aliphatic carbocycles. The van der Waals surface area contributed by atoms with Crippen molar-refractivity contribution in [2.24, 2.45) is 0 Å². The van der Waals surface area contributed by atoms with Gasteiger partial charge >= 0.3 is 0 Å². The molecule has 0 unspecified atom stereocenters. The Morgan fingerprint density at radius 1 is 0.161 bits per heavy atom. The molecule has 112 heavy (non-hydrogen) atoms. The van der Waals surface area contributed by atoms with Crippen molar-refractivity contribution in [3.05, 3.63) is 400 Å². The molecule has 4 aromatic heterocycles. The van der Waals surface area contributed by atoms with Gasteiger partial charge in [0.25, 0.3) is 0 Å². The van der Waals surface area contributed by atoms with E-state index in [2.05, 4.69) is 379 Å². The molecule has 0 fully saturated rings. The molecule has 19 aromatic carbocycles. The lowest BCUT2D eigenvalue weighted by Gasteiger charge is -2.17. The van der Waals surface area contributed by atoms with Crippen molar-refractivity contribution in [3.63, 3.8) is 0 Å². The van der Waals surface area contributed by atoms with E-state index in [0.717, 1.165) is 117 Å². The van der Waals surface area contributed by atoms with Crippen molar-refractivity contribution < 1.29 is 0 Å². The van der Waals surface area contributed by atoms with Crippen molar-refractivity contribution in [2.45, 2.75) is 0 Å². The van der Waals surface area contributed by atoms with Gasteiger partial charge in [0, 0.05) is 54.6 Å². The molecule has 520 valence electrons. The molecule has 0 atom stereocenters. The van der Waals surface area contributed by atoms with Crippen molar-refractivity contribution in [1.82, 2.24) is 29.1 Å². The average molecular weight is 1420 g/mol. The van der Waals surface area contributed by atoms with E-state index in [1.165, 1.54) is 103 Å². The zero-order valence-electron chi connectivity index (χ0n) is 60.8. The third kappa shape index (κ3) is 10.6. The van der Waals surface area contributed by atoms with E-state index in [1.54, 1.807) is 0 Å². The van der Waals surface area contributed by atoms with Gasteiger partial charge in [-0.15, -0.1) is 0 Å². The summed E-state index contributed by atoms with van der Waals surface area (Å²) in [6.45, 7) is 0. The van der Waals surface area contributed by atoms with Gasteiger partial charge in [0.1, 0.15) is 0 Å². The van der Waals surface area contributed by atoms with Gasteiger partial charge in [-0.1, -0.05) is 315 Å². The molecule has 4 heterocycles. The highest BCUT2D eigenvalue weighted by atomic mass is 15.0. The lowest BCUT2D eigenvalue weighted by Crippen LogP contribution is -1.99. The number of aromatic nitrogens is 6. The Hall–Kier alpha value is -15.0. The molecule has 23 aromatic rings. The summed E-state index contributed by atoms with van der Waals surface area (Å²) in [5.41, 5.74) is 25.2. The first-order chi connectivity index (χ1) is 55.6. The Morgan fingerprint density at radius 3 is 0.777 bits per heavy atom. The van der Waals surface area contributed by atoms with Gasteiger partial charge in [-0.3, -0.25) is 0 Å². The number of benzene rings is 19. The molecule has 0 amide bonds. The van der Waals surface area contributed by atoms with Crippen molar-refractivity contribution in [2.75, 3.05) is 0 Å².